The number of rotatable bonds is 6. The minimum absolute atomic E-state index is 0.507. The van der Waals surface area contributed by atoms with Gasteiger partial charge in [-0.15, -0.1) is 0 Å². The Hall–Kier alpha value is -2.34. The van der Waals surface area contributed by atoms with Crippen molar-refractivity contribution in [2.75, 3.05) is 20.7 Å². The first kappa shape index (κ1) is 17.0. The zero-order valence-corrected chi connectivity index (χ0v) is 14.0. The number of methoxy groups -OCH3 is 1. The summed E-state index contributed by atoms with van der Waals surface area (Å²) in [6, 6.07) is 7.56. The molecule has 0 aliphatic heterocycles. The lowest BCUT2D eigenvalue weighted by atomic mass is 10.2. The molecule has 2 aromatic heterocycles. The van der Waals surface area contributed by atoms with Gasteiger partial charge in [-0.25, -0.2) is 9.97 Å². The number of nitrogens with one attached hydrogen (secondary N) is 2. The van der Waals surface area contributed by atoms with Gasteiger partial charge < -0.3 is 15.4 Å². The Balaban J connectivity index is 1.75. The fourth-order valence-corrected chi connectivity index (χ4v) is 2.03. The number of hydrogen-bond donors (Lipinski definition) is 2. The van der Waals surface area contributed by atoms with Gasteiger partial charge in [0, 0.05) is 38.6 Å². The Bertz CT molecular complexity index is 628. The van der Waals surface area contributed by atoms with Gasteiger partial charge in [0.1, 0.15) is 5.15 Å². The van der Waals surface area contributed by atoms with E-state index < -0.39 is 0 Å². The van der Waals surface area contributed by atoms with Gasteiger partial charge in [0.2, 0.25) is 5.88 Å². The molecule has 0 unspecified atom stereocenters. The standard InChI is InChI=1S/C16H20ClN5O/c1-18-16(19-8-7-12-3-5-14(17)20-9-12)22-11-13-4-6-15(23-2)21-10-13/h3-6,9-10H,7-8,11H2,1-2H3,(H2,18,19,22). The summed E-state index contributed by atoms with van der Waals surface area (Å²) < 4.78 is 5.04. The van der Waals surface area contributed by atoms with E-state index in [0.29, 0.717) is 17.6 Å². The largest absolute Gasteiger partial charge is 0.481 e. The predicted octanol–water partition coefficient (Wildman–Crippen LogP) is 2.05. The van der Waals surface area contributed by atoms with Crippen molar-refractivity contribution in [3.63, 3.8) is 0 Å². The minimum Gasteiger partial charge on any atom is -0.481 e. The number of aliphatic imine (C=N–C) groups is 1. The second-order valence-electron chi connectivity index (χ2n) is 4.80. The molecule has 0 amide bonds. The van der Waals surface area contributed by atoms with Crippen LogP contribution in [0.1, 0.15) is 11.1 Å². The highest BCUT2D eigenvalue weighted by Crippen LogP contribution is 2.06. The van der Waals surface area contributed by atoms with E-state index in [1.54, 1.807) is 32.6 Å². The molecule has 0 fully saturated rings. The summed E-state index contributed by atoms with van der Waals surface area (Å²) in [4.78, 5) is 12.4. The summed E-state index contributed by atoms with van der Waals surface area (Å²) in [6.07, 6.45) is 4.40. The highest BCUT2D eigenvalue weighted by molar-refractivity contribution is 6.29. The molecule has 0 saturated carbocycles. The average Bonchev–Trinajstić information content (AvgIpc) is 2.60. The van der Waals surface area contributed by atoms with Crippen molar-refractivity contribution in [2.45, 2.75) is 13.0 Å². The van der Waals surface area contributed by atoms with Crippen molar-refractivity contribution < 1.29 is 4.74 Å². The van der Waals surface area contributed by atoms with Gasteiger partial charge in [-0.2, -0.15) is 0 Å². The van der Waals surface area contributed by atoms with Crippen LogP contribution in [0.4, 0.5) is 0 Å². The third-order valence-electron chi connectivity index (χ3n) is 3.19. The molecule has 2 aromatic rings. The maximum atomic E-state index is 5.77. The van der Waals surface area contributed by atoms with E-state index in [4.69, 9.17) is 16.3 Å². The van der Waals surface area contributed by atoms with Crippen molar-refractivity contribution in [3.05, 3.63) is 52.9 Å². The van der Waals surface area contributed by atoms with Crippen molar-refractivity contribution in [3.8, 4) is 5.88 Å². The van der Waals surface area contributed by atoms with Crippen LogP contribution in [0, 0.1) is 0 Å². The Morgan fingerprint density at radius 1 is 1.13 bits per heavy atom. The van der Waals surface area contributed by atoms with E-state index in [1.807, 2.05) is 18.2 Å². The van der Waals surface area contributed by atoms with Crippen LogP contribution in [0.2, 0.25) is 5.15 Å². The molecule has 2 rings (SSSR count). The third-order valence-corrected chi connectivity index (χ3v) is 3.41. The maximum absolute atomic E-state index is 5.77. The molecule has 0 aromatic carbocycles. The number of guanidine groups is 1. The summed E-state index contributed by atoms with van der Waals surface area (Å²) in [5, 5.41) is 7.00. The van der Waals surface area contributed by atoms with Gasteiger partial charge in [-0.1, -0.05) is 23.7 Å². The van der Waals surface area contributed by atoms with Crippen LogP contribution in [0.5, 0.6) is 5.88 Å². The Kier molecular flexibility index (Phi) is 6.62. The van der Waals surface area contributed by atoms with Crippen LogP contribution in [0.25, 0.3) is 0 Å². The van der Waals surface area contributed by atoms with E-state index in [9.17, 15) is 0 Å². The molecule has 122 valence electrons. The Morgan fingerprint density at radius 2 is 1.91 bits per heavy atom. The lowest BCUT2D eigenvalue weighted by Crippen LogP contribution is -2.37. The highest BCUT2D eigenvalue weighted by atomic mass is 35.5. The molecule has 2 heterocycles. The zero-order valence-electron chi connectivity index (χ0n) is 13.2. The third kappa shape index (κ3) is 5.75. The van der Waals surface area contributed by atoms with Gasteiger partial charge in [0.15, 0.2) is 5.96 Å². The van der Waals surface area contributed by atoms with Crippen LogP contribution in [-0.2, 0) is 13.0 Å². The number of hydrogen-bond acceptors (Lipinski definition) is 4. The van der Waals surface area contributed by atoms with Gasteiger partial charge in [0.25, 0.3) is 0 Å². The molecule has 7 heteroatoms. The lowest BCUT2D eigenvalue weighted by Gasteiger charge is -2.12. The molecule has 0 aliphatic rings. The number of pyridine rings is 2. The summed E-state index contributed by atoms with van der Waals surface area (Å²) >= 11 is 5.77. The second kappa shape index (κ2) is 8.95. The highest BCUT2D eigenvalue weighted by Gasteiger charge is 2.00. The smallest absolute Gasteiger partial charge is 0.212 e. The summed E-state index contributed by atoms with van der Waals surface area (Å²) in [5.74, 6) is 1.34. The zero-order chi connectivity index (χ0) is 16.5. The minimum atomic E-state index is 0.507. The Morgan fingerprint density at radius 3 is 2.52 bits per heavy atom. The molecule has 0 spiro atoms. The molecule has 0 atom stereocenters. The van der Waals surface area contributed by atoms with Crippen LogP contribution in [0.15, 0.2) is 41.7 Å². The van der Waals surface area contributed by atoms with Crippen LogP contribution in [-0.4, -0.2) is 36.6 Å². The molecular formula is C16H20ClN5O. The van der Waals surface area contributed by atoms with E-state index in [1.165, 1.54) is 0 Å². The van der Waals surface area contributed by atoms with Crippen LogP contribution < -0.4 is 15.4 Å². The first-order valence-electron chi connectivity index (χ1n) is 7.25. The molecule has 6 nitrogen and oxygen atoms in total. The lowest BCUT2D eigenvalue weighted by molar-refractivity contribution is 0.397. The Labute approximate surface area is 141 Å². The molecular weight excluding hydrogens is 314 g/mol. The first-order chi connectivity index (χ1) is 11.2. The van der Waals surface area contributed by atoms with E-state index in [0.717, 1.165) is 30.1 Å². The van der Waals surface area contributed by atoms with E-state index in [-0.39, 0.29) is 0 Å². The van der Waals surface area contributed by atoms with Crippen LogP contribution >= 0.6 is 11.6 Å². The SMILES string of the molecule is CN=C(NCCc1ccc(Cl)nc1)NCc1ccc(OC)nc1. The fraction of sp³-hybridized carbons (Fsp3) is 0.312. The summed E-state index contributed by atoms with van der Waals surface area (Å²) in [5.41, 5.74) is 2.17. The number of ether oxygens (including phenoxy) is 1. The number of nitrogens with zero attached hydrogens (tertiary/aromatic N) is 3. The van der Waals surface area contributed by atoms with Gasteiger partial charge >= 0.3 is 0 Å². The molecule has 0 bridgehead atoms. The maximum Gasteiger partial charge on any atom is 0.212 e. The van der Waals surface area contributed by atoms with Crippen LogP contribution in [0.3, 0.4) is 0 Å². The predicted molar refractivity (Wildman–Crippen MR) is 91.9 cm³/mol. The number of aromatic nitrogens is 2. The van der Waals surface area contributed by atoms with Gasteiger partial charge in [-0.3, -0.25) is 4.99 Å². The molecule has 0 aliphatic carbocycles. The van der Waals surface area contributed by atoms with E-state index >= 15 is 0 Å². The van der Waals surface area contributed by atoms with Crippen molar-refractivity contribution in [1.29, 1.82) is 0 Å². The van der Waals surface area contributed by atoms with Crippen molar-refractivity contribution in [1.82, 2.24) is 20.6 Å². The van der Waals surface area contributed by atoms with Crippen molar-refractivity contribution in [2.24, 2.45) is 4.99 Å². The normalized spacial score (nSPS) is 11.2. The monoisotopic (exact) mass is 333 g/mol. The molecule has 23 heavy (non-hydrogen) atoms. The number of halogens is 1. The van der Waals surface area contributed by atoms with Crippen molar-refractivity contribution >= 4 is 17.6 Å². The quantitative estimate of drug-likeness (QED) is 0.481. The topological polar surface area (TPSA) is 71.4 Å². The first-order valence-corrected chi connectivity index (χ1v) is 7.63. The van der Waals surface area contributed by atoms with E-state index in [2.05, 4.69) is 25.6 Å². The van der Waals surface area contributed by atoms with Gasteiger partial charge in [-0.05, 0) is 23.6 Å². The van der Waals surface area contributed by atoms with Gasteiger partial charge in [0.05, 0.1) is 7.11 Å². The molecule has 0 radical (unpaired) electrons. The summed E-state index contributed by atoms with van der Waals surface area (Å²) in [6.45, 7) is 1.39. The molecule has 2 N–H and O–H groups in total. The molecule has 0 saturated heterocycles. The second-order valence-corrected chi connectivity index (χ2v) is 5.19. The summed E-state index contributed by atoms with van der Waals surface area (Å²) in [7, 11) is 3.34. The fourth-order valence-electron chi connectivity index (χ4n) is 1.92. The average molecular weight is 334 g/mol.